The second kappa shape index (κ2) is 17.0. The lowest BCUT2D eigenvalue weighted by Gasteiger charge is -2.16. The summed E-state index contributed by atoms with van der Waals surface area (Å²) in [5.74, 6) is 1.57. The van der Waals surface area contributed by atoms with E-state index in [0.717, 1.165) is 23.9 Å². The van der Waals surface area contributed by atoms with E-state index in [1.165, 1.54) is 18.2 Å². The predicted molar refractivity (Wildman–Crippen MR) is 148 cm³/mol. The quantitative estimate of drug-likeness (QED) is 0.324. The minimum absolute atomic E-state index is 0.270. The Kier molecular flexibility index (Phi) is 13.7. The summed E-state index contributed by atoms with van der Waals surface area (Å²) in [7, 11) is 0.500. The third-order valence-corrected chi connectivity index (χ3v) is 5.62. The van der Waals surface area contributed by atoms with Gasteiger partial charge in [0.25, 0.3) is 0 Å². The molecule has 4 rings (SSSR count). The topological polar surface area (TPSA) is 137 Å². The van der Waals surface area contributed by atoms with Gasteiger partial charge in [0.1, 0.15) is 29.0 Å². The van der Waals surface area contributed by atoms with Crippen LogP contribution in [0.3, 0.4) is 0 Å². The predicted octanol–water partition coefficient (Wildman–Crippen LogP) is 4.78. The fourth-order valence-electron chi connectivity index (χ4n) is 3.36. The number of ether oxygens (including phenoxy) is 2. The third kappa shape index (κ3) is 10.5. The van der Waals surface area contributed by atoms with Crippen LogP contribution in [0, 0.1) is 11.6 Å². The number of halogens is 3. The first kappa shape index (κ1) is 31.5. The number of nitrogens with zero attached hydrogens (tertiary/aromatic N) is 2. The number of rotatable bonds is 5. The molecule has 1 aliphatic heterocycles. The number of hydrogen-bond acceptors (Lipinski definition) is 8. The molecule has 0 aliphatic carbocycles. The van der Waals surface area contributed by atoms with Crippen molar-refractivity contribution >= 4 is 29.4 Å². The Morgan fingerprint density at radius 2 is 1.87 bits per heavy atom. The Morgan fingerprint density at radius 1 is 1.10 bits per heavy atom. The molecule has 4 bridgehead atoms. The van der Waals surface area contributed by atoms with Gasteiger partial charge in [0.2, 0.25) is 5.88 Å². The molecule has 2 amide bonds. The lowest BCUT2D eigenvalue weighted by Crippen LogP contribution is -2.30. The number of urea groups is 1. The standard InChI is InChI=1S/C21H19F2N3O2S.C4H11N3O.CH3F/c1-29-12-13-7-20-25-19-10-16(17(23)11-24-19)15-4-3-14(22)9-18(15)27-5-2-6-28-21(8-13)26-20;5-2-1-3-7-4(6)8;1-2/h3-4,7-11H,2,5-6,12H2,1H3,(H,24,25,26);1-3,5H2,(H3,6,7,8);1H3. The largest absolute Gasteiger partial charge is 0.493 e. The molecule has 0 saturated heterocycles. The highest BCUT2D eigenvalue weighted by atomic mass is 32.2. The molecule has 6 N–H and O–H groups in total. The molecule has 0 spiro atoms. The molecule has 0 unspecified atom stereocenters. The van der Waals surface area contributed by atoms with Crippen molar-refractivity contribution in [2.45, 2.75) is 18.6 Å². The first-order valence-corrected chi connectivity index (χ1v) is 13.4. The third-order valence-electron chi connectivity index (χ3n) is 4.99. The fraction of sp³-hybridized carbons (Fsp3) is 0.346. The maximum atomic E-state index is 14.6. The summed E-state index contributed by atoms with van der Waals surface area (Å²) < 4.78 is 49.3. The smallest absolute Gasteiger partial charge is 0.312 e. The number of carbonyl (C=O) groups excluding carboxylic acids is 1. The molecule has 3 aromatic rings. The number of thioether (sulfide) groups is 1. The van der Waals surface area contributed by atoms with E-state index in [2.05, 4.69) is 20.6 Å². The molecular formula is C26H33F3N6O3S. The highest BCUT2D eigenvalue weighted by Crippen LogP contribution is 2.34. The van der Waals surface area contributed by atoms with Crippen molar-refractivity contribution in [2.24, 2.45) is 11.5 Å². The van der Waals surface area contributed by atoms with E-state index in [0.29, 0.717) is 63.0 Å². The zero-order chi connectivity index (χ0) is 28.6. The van der Waals surface area contributed by atoms with Crippen LogP contribution in [0.25, 0.3) is 11.1 Å². The highest BCUT2D eigenvalue weighted by Gasteiger charge is 2.15. The number of alkyl halides is 1. The minimum atomic E-state index is -0.521. The van der Waals surface area contributed by atoms with Crippen molar-refractivity contribution in [1.29, 1.82) is 0 Å². The summed E-state index contributed by atoms with van der Waals surface area (Å²) in [4.78, 5) is 18.5. The van der Waals surface area contributed by atoms with E-state index in [9.17, 15) is 18.0 Å². The van der Waals surface area contributed by atoms with Crippen LogP contribution in [0.15, 0.2) is 42.6 Å². The molecule has 0 atom stereocenters. The first-order chi connectivity index (χ1) is 18.9. The van der Waals surface area contributed by atoms with Gasteiger partial charge in [-0.15, -0.1) is 0 Å². The molecule has 1 aromatic carbocycles. The van der Waals surface area contributed by atoms with E-state index in [1.807, 2.05) is 18.4 Å². The van der Waals surface area contributed by atoms with E-state index in [4.69, 9.17) is 20.9 Å². The molecule has 13 heteroatoms. The Hall–Kier alpha value is -3.71. The van der Waals surface area contributed by atoms with Crippen molar-refractivity contribution in [3.05, 3.63) is 59.8 Å². The Balaban J connectivity index is 0.000000460. The monoisotopic (exact) mass is 566 g/mol. The van der Waals surface area contributed by atoms with Crippen molar-refractivity contribution in [3.8, 4) is 22.8 Å². The lowest BCUT2D eigenvalue weighted by atomic mass is 10.0. The summed E-state index contributed by atoms with van der Waals surface area (Å²) in [6.45, 7) is 1.84. The molecule has 2 aromatic heterocycles. The van der Waals surface area contributed by atoms with E-state index < -0.39 is 17.7 Å². The van der Waals surface area contributed by atoms with Gasteiger partial charge in [-0.25, -0.2) is 18.6 Å². The van der Waals surface area contributed by atoms with Crippen LogP contribution in [0.4, 0.5) is 29.6 Å². The number of hydrogen-bond donors (Lipinski definition) is 4. The number of fused-ring (bicyclic) bond motifs is 6. The van der Waals surface area contributed by atoms with Crippen LogP contribution >= 0.6 is 11.8 Å². The Labute approximate surface area is 229 Å². The molecule has 3 heterocycles. The molecule has 212 valence electrons. The molecule has 0 fully saturated rings. The average molecular weight is 567 g/mol. The molecule has 1 aliphatic rings. The summed E-state index contributed by atoms with van der Waals surface area (Å²) in [6.07, 6.45) is 4.49. The summed E-state index contributed by atoms with van der Waals surface area (Å²) in [5, 5.41) is 5.52. The molecular weight excluding hydrogens is 533 g/mol. The van der Waals surface area contributed by atoms with Crippen LogP contribution in [0.2, 0.25) is 0 Å². The maximum absolute atomic E-state index is 14.6. The Morgan fingerprint density at radius 3 is 2.59 bits per heavy atom. The van der Waals surface area contributed by atoms with Crippen molar-refractivity contribution in [1.82, 2.24) is 15.3 Å². The minimum Gasteiger partial charge on any atom is -0.493 e. The van der Waals surface area contributed by atoms with E-state index >= 15 is 0 Å². The van der Waals surface area contributed by atoms with Gasteiger partial charge in [0.05, 0.1) is 26.6 Å². The number of aromatic nitrogens is 2. The SMILES string of the molecule is CF.CSCc1cc2nc(c1)OCCCOc1cc(F)ccc1-c1cc(ncc1F)N2.NCCCNC(N)=O. The lowest BCUT2D eigenvalue weighted by molar-refractivity contribution is 0.242. The molecule has 39 heavy (non-hydrogen) atoms. The number of nitrogens with one attached hydrogen (secondary N) is 2. The summed E-state index contributed by atoms with van der Waals surface area (Å²) in [6, 6.07) is 8.91. The Bertz CT molecular complexity index is 1210. The van der Waals surface area contributed by atoms with Gasteiger partial charge in [-0.2, -0.15) is 16.7 Å². The van der Waals surface area contributed by atoms with E-state index in [1.54, 1.807) is 17.8 Å². The van der Waals surface area contributed by atoms with Gasteiger partial charge in [0, 0.05) is 42.0 Å². The number of anilines is 2. The van der Waals surface area contributed by atoms with Gasteiger partial charge in [-0.1, -0.05) is 0 Å². The number of pyridine rings is 2. The second-order valence-corrected chi connectivity index (χ2v) is 8.80. The first-order valence-electron chi connectivity index (χ1n) is 12.0. The zero-order valence-electron chi connectivity index (χ0n) is 21.8. The van der Waals surface area contributed by atoms with E-state index in [-0.39, 0.29) is 11.3 Å². The normalized spacial score (nSPS) is 11.8. The van der Waals surface area contributed by atoms with Crippen molar-refractivity contribution in [2.75, 3.05) is 45.1 Å². The molecule has 0 radical (unpaired) electrons. The molecule has 0 saturated carbocycles. The second-order valence-electron chi connectivity index (χ2n) is 7.93. The van der Waals surface area contributed by atoms with Crippen molar-refractivity contribution in [3.63, 3.8) is 0 Å². The van der Waals surface area contributed by atoms with Gasteiger partial charge < -0.3 is 31.6 Å². The summed E-state index contributed by atoms with van der Waals surface area (Å²) in [5.41, 5.74) is 11.6. The number of nitrogens with two attached hydrogens (primary N) is 2. The van der Waals surface area contributed by atoms with Gasteiger partial charge in [-0.3, -0.25) is 4.39 Å². The van der Waals surface area contributed by atoms with Gasteiger partial charge in [0.15, 0.2) is 0 Å². The highest BCUT2D eigenvalue weighted by molar-refractivity contribution is 7.97. The fourth-order valence-corrected chi connectivity index (χ4v) is 3.86. The average Bonchev–Trinajstić information content (AvgIpc) is 2.91. The van der Waals surface area contributed by atoms with Crippen LogP contribution in [0.1, 0.15) is 18.4 Å². The van der Waals surface area contributed by atoms with Crippen molar-refractivity contribution < 1.29 is 27.4 Å². The van der Waals surface area contributed by atoms with Crippen LogP contribution in [0.5, 0.6) is 11.6 Å². The number of benzene rings is 1. The van der Waals surface area contributed by atoms with Gasteiger partial charge >= 0.3 is 6.03 Å². The van der Waals surface area contributed by atoms with Crippen LogP contribution in [-0.4, -0.2) is 55.7 Å². The number of carbonyl (C=O) groups is 1. The van der Waals surface area contributed by atoms with Crippen LogP contribution in [-0.2, 0) is 5.75 Å². The summed E-state index contributed by atoms with van der Waals surface area (Å²) >= 11 is 1.69. The zero-order valence-corrected chi connectivity index (χ0v) is 22.6. The maximum Gasteiger partial charge on any atom is 0.312 e. The van der Waals surface area contributed by atoms with Gasteiger partial charge in [-0.05, 0) is 49.1 Å². The number of amides is 2. The number of primary amides is 1. The molecule has 9 nitrogen and oxygen atoms in total. The van der Waals surface area contributed by atoms with Crippen LogP contribution < -0.4 is 31.6 Å².